The molecule has 4 N–H and O–H groups in total. The molecule has 0 unspecified atom stereocenters. The van der Waals surface area contributed by atoms with E-state index in [4.69, 9.17) is 11.5 Å². The molecule has 5 heteroatoms. The second-order valence-electron chi connectivity index (χ2n) is 6.11. The lowest BCUT2D eigenvalue weighted by molar-refractivity contribution is 0.717. The second kappa shape index (κ2) is 7.75. The smallest absolute Gasteiger partial charge is 0.225 e. The van der Waals surface area contributed by atoms with Crippen molar-refractivity contribution in [2.45, 2.75) is 32.6 Å². The Kier molecular flexibility index (Phi) is 5.23. The molecule has 1 aromatic heterocycles. The summed E-state index contributed by atoms with van der Waals surface area (Å²) in [5.41, 5.74) is 15.9. The predicted octanol–water partition coefficient (Wildman–Crippen LogP) is 4.10. The molecule has 0 amide bonds. The van der Waals surface area contributed by atoms with Gasteiger partial charge in [-0.05, 0) is 29.5 Å². The number of unbranched alkanes of at least 4 members (excludes halogenated alkanes) is 2. The highest BCUT2D eigenvalue weighted by Gasteiger charge is 2.06. The summed E-state index contributed by atoms with van der Waals surface area (Å²) >= 11 is 0. The minimum absolute atomic E-state index is 0.130. The van der Waals surface area contributed by atoms with Crippen LogP contribution in [-0.4, -0.2) is 15.0 Å². The molecule has 0 radical (unpaired) electrons. The average Bonchev–Trinajstić information content (AvgIpc) is 2.62. The molecular weight excluding hydrogens is 310 g/mol. The van der Waals surface area contributed by atoms with E-state index in [-0.39, 0.29) is 11.9 Å². The number of rotatable bonds is 6. The quantitative estimate of drug-likeness (QED) is 0.663. The molecule has 3 rings (SSSR count). The van der Waals surface area contributed by atoms with E-state index >= 15 is 0 Å². The summed E-state index contributed by atoms with van der Waals surface area (Å²) in [4.78, 5) is 12.1. The fraction of sp³-hybridized carbons (Fsp3) is 0.250. The lowest BCUT2D eigenvalue weighted by Crippen LogP contribution is -2.04. The van der Waals surface area contributed by atoms with Gasteiger partial charge >= 0.3 is 0 Å². The van der Waals surface area contributed by atoms with Crippen molar-refractivity contribution in [3.05, 3.63) is 54.1 Å². The molecule has 1 heterocycles. The van der Waals surface area contributed by atoms with Crippen molar-refractivity contribution in [2.24, 2.45) is 0 Å². The highest BCUT2D eigenvalue weighted by Crippen LogP contribution is 2.24. The second-order valence-corrected chi connectivity index (χ2v) is 6.11. The molecule has 0 spiro atoms. The number of benzene rings is 2. The molecule has 5 nitrogen and oxygen atoms in total. The fourth-order valence-electron chi connectivity index (χ4n) is 2.79. The molecule has 0 bridgehead atoms. The van der Waals surface area contributed by atoms with Gasteiger partial charge in [-0.15, -0.1) is 0 Å². The van der Waals surface area contributed by atoms with E-state index < -0.39 is 0 Å². The Morgan fingerprint density at radius 1 is 0.680 bits per heavy atom. The number of nitrogens with zero attached hydrogens (tertiary/aromatic N) is 3. The van der Waals surface area contributed by atoms with Crippen molar-refractivity contribution in [3.8, 4) is 22.5 Å². The third-order valence-corrected chi connectivity index (χ3v) is 4.17. The highest BCUT2D eigenvalue weighted by molar-refractivity contribution is 5.68. The van der Waals surface area contributed by atoms with Crippen molar-refractivity contribution >= 4 is 11.9 Å². The van der Waals surface area contributed by atoms with Gasteiger partial charge in [0.15, 0.2) is 5.82 Å². The van der Waals surface area contributed by atoms with Gasteiger partial charge in [0.2, 0.25) is 11.9 Å². The number of anilines is 2. The summed E-state index contributed by atoms with van der Waals surface area (Å²) in [6, 6.07) is 16.8. The summed E-state index contributed by atoms with van der Waals surface area (Å²) in [6.45, 7) is 2.23. The van der Waals surface area contributed by atoms with E-state index in [1.165, 1.54) is 30.4 Å². The van der Waals surface area contributed by atoms with Gasteiger partial charge in [-0.3, -0.25) is 0 Å². The summed E-state index contributed by atoms with van der Waals surface area (Å²) in [6.07, 6.45) is 4.94. The van der Waals surface area contributed by atoms with Crippen LogP contribution >= 0.6 is 0 Å². The van der Waals surface area contributed by atoms with Crippen molar-refractivity contribution in [1.82, 2.24) is 15.0 Å². The minimum atomic E-state index is 0.130. The summed E-state index contributed by atoms with van der Waals surface area (Å²) < 4.78 is 0. The maximum absolute atomic E-state index is 5.63. The molecule has 0 aliphatic rings. The van der Waals surface area contributed by atoms with Crippen LogP contribution in [0.4, 0.5) is 11.9 Å². The number of aromatic nitrogens is 3. The van der Waals surface area contributed by atoms with Crippen LogP contribution in [0.25, 0.3) is 22.5 Å². The molecule has 0 aliphatic heterocycles. The van der Waals surface area contributed by atoms with Gasteiger partial charge in [-0.2, -0.15) is 15.0 Å². The highest BCUT2D eigenvalue weighted by atomic mass is 15.1. The number of nitrogens with two attached hydrogens (primary N) is 2. The van der Waals surface area contributed by atoms with Gasteiger partial charge in [-0.25, -0.2) is 0 Å². The zero-order chi connectivity index (χ0) is 17.6. The third-order valence-electron chi connectivity index (χ3n) is 4.17. The molecular formula is C20H23N5. The standard InChI is InChI=1S/C20H23N5/c1-2-3-4-5-14-6-8-15(9-7-14)16-10-12-17(13-11-16)18-23-19(21)25-20(22)24-18/h6-13H,2-5H2,1H3,(H4,21,22,23,24,25). The largest absolute Gasteiger partial charge is 0.368 e. The Morgan fingerprint density at radius 3 is 1.76 bits per heavy atom. The Hall–Kier alpha value is -2.95. The third kappa shape index (κ3) is 4.32. The molecule has 0 aliphatic carbocycles. The van der Waals surface area contributed by atoms with Crippen molar-refractivity contribution in [3.63, 3.8) is 0 Å². The first-order chi connectivity index (χ1) is 12.2. The van der Waals surface area contributed by atoms with E-state index in [0.717, 1.165) is 17.5 Å². The molecule has 0 atom stereocenters. The Morgan fingerprint density at radius 2 is 1.20 bits per heavy atom. The number of hydrogen-bond acceptors (Lipinski definition) is 5. The Labute approximate surface area is 148 Å². The van der Waals surface area contributed by atoms with Crippen LogP contribution in [0, 0.1) is 0 Å². The van der Waals surface area contributed by atoms with Crippen LogP contribution in [0.1, 0.15) is 31.7 Å². The molecule has 25 heavy (non-hydrogen) atoms. The first-order valence-electron chi connectivity index (χ1n) is 8.62. The predicted molar refractivity (Wildman–Crippen MR) is 103 cm³/mol. The van der Waals surface area contributed by atoms with Gasteiger partial charge in [0, 0.05) is 5.56 Å². The van der Waals surface area contributed by atoms with E-state index in [9.17, 15) is 0 Å². The van der Waals surface area contributed by atoms with Gasteiger partial charge < -0.3 is 11.5 Å². The van der Waals surface area contributed by atoms with Crippen molar-refractivity contribution in [2.75, 3.05) is 11.5 Å². The topological polar surface area (TPSA) is 90.7 Å². The summed E-state index contributed by atoms with van der Waals surface area (Å²) in [5.74, 6) is 0.748. The number of aryl methyl sites for hydroxylation is 1. The maximum atomic E-state index is 5.63. The van der Waals surface area contributed by atoms with E-state index in [0.29, 0.717) is 5.82 Å². The minimum Gasteiger partial charge on any atom is -0.368 e. The van der Waals surface area contributed by atoms with Crippen LogP contribution in [0.15, 0.2) is 48.5 Å². The molecule has 0 fully saturated rings. The van der Waals surface area contributed by atoms with Crippen molar-refractivity contribution in [1.29, 1.82) is 0 Å². The van der Waals surface area contributed by atoms with Crippen LogP contribution in [-0.2, 0) is 6.42 Å². The normalized spacial score (nSPS) is 10.8. The van der Waals surface area contributed by atoms with Crippen LogP contribution in [0.5, 0.6) is 0 Å². The number of nitrogen functional groups attached to an aromatic ring is 2. The molecule has 0 saturated carbocycles. The lowest BCUT2D eigenvalue weighted by atomic mass is 10.0. The Balaban J connectivity index is 1.75. The molecule has 3 aromatic rings. The fourth-order valence-corrected chi connectivity index (χ4v) is 2.79. The lowest BCUT2D eigenvalue weighted by Gasteiger charge is -2.06. The first-order valence-corrected chi connectivity index (χ1v) is 8.62. The van der Waals surface area contributed by atoms with Crippen LogP contribution in [0.2, 0.25) is 0 Å². The maximum Gasteiger partial charge on any atom is 0.225 e. The SMILES string of the molecule is CCCCCc1ccc(-c2ccc(-c3nc(N)nc(N)n3)cc2)cc1. The monoisotopic (exact) mass is 333 g/mol. The van der Waals surface area contributed by atoms with E-state index in [2.05, 4.69) is 58.3 Å². The summed E-state index contributed by atoms with van der Waals surface area (Å²) in [5, 5.41) is 0. The van der Waals surface area contributed by atoms with Gasteiger partial charge in [-0.1, -0.05) is 68.3 Å². The van der Waals surface area contributed by atoms with Crippen molar-refractivity contribution < 1.29 is 0 Å². The van der Waals surface area contributed by atoms with Gasteiger partial charge in [0.05, 0.1) is 0 Å². The van der Waals surface area contributed by atoms with Crippen LogP contribution in [0.3, 0.4) is 0 Å². The number of hydrogen-bond donors (Lipinski definition) is 2. The summed E-state index contributed by atoms with van der Waals surface area (Å²) in [7, 11) is 0. The molecule has 0 saturated heterocycles. The zero-order valence-electron chi connectivity index (χ0n) is 14.4. The zero-order valence-corrected chi connectivity index (χ0v) is 14.4. The van der Waals surface area contributed by atoms with E-state index in [1.807, 2.05) is 12.1 Å². The van der Waals surface area contributed by atoms with Crippen LogP contribution < -0.4 is 11.5 Å². The van der Waals surface area contributed by atoms with Gasteiger partial charge in [0.25, 0.3) is 0 Å². The van der Waals surface area contributed by atoms with E-state index in [1.54, 1.807) is 0 Å². The average molecular weight is 333 g/mol. The first kappa shape index (κ1) is 16.9. The molecule has 2 aromatic carbocycles. The molecule has 128 valence electrons. The van der Waals surface area contributed by atoms with Gasteiger partial charge in [0.1, 0.15) is 0 Å². The Bertz CT molecular complexity index is 805.